The summed E-state index contributed by atoms with van der Waals surface area (Å²) in [4.78, 5) is 10.7. The standard InChI is InChI=1S/C11H16O4S/c1-8-9(6-10(15-8)11(12)13)7-16-5-3-4-14-2/h6H,3-5,7H2,1-2H3,(H,12,13). The molecule has 0 atom stereocenters. The van der Waals surface area contributed by atoms with Gasteiger partial charge >= 0.3 is 5.97 Å². The molecule has 0 bridgehead atoms. The minimum atomic E-state index is -1.02. The molecule has 0 saturated heterocycles. The van der Waals surface area contributed by atoms with Crippen LogP contribution in [-0.2, 0) is 10.5 Å². The molecule has 0 saturated carbocycles. The quantitative estimate of drug-likeness (QED) is 0.747. The number of carboxylic acid groups (broad SMARTS) is 1. The van der Waals surface area contributed by atoms with Crippen LogP contribution in [0.3, 0.4) is 0 Å². The Morgan fingerprint density at radius 3 is 2.94 bits per heavy atom. The molecular weight excluding hydrogens is 228 g/mol. The number of ether oxygens (including phenoxy) is 1. The lowest BCUT2D eigenvalue weighted by molar-refractivity contribution is 0.0661. The lowest BCUT2D eigenvalue weighted by atomic mass is 10.3. The van der Waals surface area contributed by atoms with Gasteiger partial charge in [0.1, 0.15) is 5.76 Å². The molecule has 1 heterocycles. The van der Waals surface area contributed by atoms with Gasteiger partial charge in [0.15, 0.2) is 0 Å². The lowest BCUT2D eigenvalue weighted by Crippen LogP contribution is -1.92. The van der Waals surface area contributed by atoms with Gasteiger partial charge in [-0.3, -0.25) is 0 Å². The Labute approximate surface area is 99.0 Å². The first-order valence-corrected chi connectivity index (χ1v) is 6.20. The Kier molecular flexibility index (Phi) is 5.42. The summed E-state index contributed by atoms with van der Waals surface area (Å²) >= 11 is 1.75. The molecule has 16 heavy (non-hydrogen) atoms. The number of rotatable bonds is 7. The zero-order valence-corrected chi connectivity index (χ0v) is 10.3. The van der Waals surface area contributed by atoms with Crippen LogP contribution in [0.5, 0.6) is 0 Å². The first-order valence-electron chi connectivity index (χ1n) is 5.04. The number of thioether (sulfide) groups is 1. The maximum absolute atomic E-state index is 10.7. The van der Waals surface area contributed by atoms with Crippen LogP contribution >= 0.6 is 11.8 Å². The molecule has 4 nitrogen and oxygen atoms in total. The Morgan fingerprint density at radius 2 is 2.38 bits per heavy atom. The van der Waals surface area contributed by atoms with Crippen LogP contribution in [0.1, 0.15) is 28.3 Å². The van der Waals surface area contributed by atoms with Crippen LogP contribution in [0.15, 0.2) is 10.5 Å². The highest BCUT2D eigenvalue weighted by atomic mass is 32.2. The van der Waals surface area contributed by atoms with Crippen molar-refractivity contribution in [1.29, 1.82) is 0 Å². The predicted octanol–water partition coefficient (Wildman–Crippen LogP) is 2.56. The second-order valence-corrected chi connectivity index (χ2v) is 4.50. The third kappa shape index (κ3) is 3.90. The van der Waals surface area contributed by atoms with Gasteiger partial charge in [0.25, 0.3) is 0 Å². The van der Waals surface area contributed by atoms with Gasteiger partial charge in [-0.2, -0.15) is 11.8 Å². The average molecular weight is 244 g/mol. The third-order valence-corrected chi connectivity index (χ3v) is 3.22. The highest BCUT2D eigenvalue weighted by molar-refractivity contribution is 7.98. The summed E-state index contributed by atoms with van der Waals surface area (Å²) in [5.74, 6) is 1.48. The van der Waals surface area contributed by atoms with Crippen LogP contribution in [-0.4, -0.2) is 30.5 Å². The van der Waals surface area contributed by atoms with Crippen LogP contribution < -0.4 is 0 Å². The van der Waals surface area contributed by atoms with E-state index in [0.717, 1.165) is 30.1 Å². The number of aromatic carboxylic acids is 1. The van der Waals surface area contributed by atoms with E-state index in [4.69, 9.17) is 14.3 Å². The van der Waals surface area contributed by atoms with E-state index < -0.39 is 5.97 Å². The van der Waals surface area contributed by atoms with E-state index in [9.17, 15) is 4.79 Å². The van der Waals surface area contributed by atoms with Crippen molar-refractivity contribution in [3.05, 3.63) is 23.2 Å². The van der Waals surface area contributed by atoms with Crippen molar-refractivity contribution in [3.63, 3.8) is 0 Å². The van der Waals surface area contributed by atoms with Crippen molar-refractivity contribution in [1.82, 2.24) is 0 Å². The van der Waals surface area contributed by atoms with Crippen molar-refractivity contribution in [3.8, 4) is 0 Å². The smallest absolute Gasteiger partial charge is 0.371 e. The average Bonchev–Trinajstić information content (AvgIpc) is 2.60. The zero-order chi connectivity index (χ0) is 12.0. The number of furan rings is 1. The molecule has 0 aliphatic rings. The molecule has 0 unspecified atom stereocenters. The molecule has 1 rings (SSSR count). The molecule has 90 valence electrons. The van der Waals surface area contributed by atoms with Gasteiger partial charge in [0, 0.05) is 25.0 Å². The Balaban J connectivity index is 2.39. The fourth-order valence-corrected chi connectivity index (χ4v) is 2.23. The first kappa shape index (κ1) is 13.1. The normalized spacial score (nSPS) is 10.6. The monoisotopic (exact) mass is 244 g/mol. The Bertz CT molecular complexity index is 346. The summed E-state index contributed by atoms with van der Waals surface area (Å²) in [5, 5.41) is 8.75. The topological polar surface area (TPSA) is 59.7 Å². The van der Waals surface area contributed by atoms with Crippen molar-refractivity contribution in [2.75, 3.05) is 19.5 Å². The van der Waals surface area contributed by atoms with Crippen molar-refractivity contribution >= 4 is 17.7 Å². The van der Waals surface area contributed by atoms with E-state index >= 15 is 0 Å². The van der Waals surface area contributed by atoms with Crippen LogP contribution in [0.25, 0.3) is 0 Å². The second-order valence-electron chi connectivity index (χ2n) is 3.40. The van der Waals surface area contributed by atoms with Crippen LogP contribution in [0, 0.1) is 6.92 Å². The van der Waals surface area contributed by atoms with Gasteiger partial charge in [-0.15, -0.1) is 0 Å². The Morgan fingerprint density at radius 1 is 1.62 bits per heavy atom. The zero-order valence-electron chi connectivity index (χ0n) is 9.49. The molecular formula is C11H16O4S. The third-order valence-electron chi connectivity index (χ3n) is 2.13. The molecule has 0 fully saturated rings. The number of hydrogen-bond donors (Lipinski definition) is 1. The van der Waals surface area contributed by atoms with Gasteiger partial charge in [-0.25, -0.2) is 4.79 Å². The van der Waals surface area contributed by atoms with Gasteiger partial charge < -0.3 is 14.3 Å². The molecule has 0 spiro atoms. The van der Waals surface area contributed by atoms with Gasteiger partial charge in [0.05, 0.1) is 0 Å². The van der Waals surface area contributed by atoms with E-state index in [2.05, 4.69) is 0 Å². The van der Waals surface area contributed by atoms with Crippen LogP contribution in [0.2, 0.25) is 0 Å². The molecule has 1 aromatic heterocycles. The summed E-state index contributed by atoms with van der Waals surface area (Å²) in [6, 6.07) is 1.60. The first-order chi connectivity index (χ1) is 7.65. The van der Waals surface area contributed by atoms with E-state index in [1.807, 2.05) is 0 Å². The van der Waals surface area contributed by atoms with Gasteiger partial charge in [-0.05, 0) is 25.2 Å². The minimum Gasteiger partial charge on any atom is -0.475 e. The highest BCUT2D eigenvalue weighted by Crippen LogP contribution is 2.20. The fourth-order valence-electron chi connectivity index (χ4n) is 1.26. The highest BCUT2D eigenvalue weighted by Gasteiger charge is 2.12. The van der Waals surface area contributed by atoms with Crippen molar-refractivity contribution in [2.45, 2.75) is 19.1 Å². The number of carbonyl (C=O) groups is 1. The van der Waals surface area contributed by atoms with E-state index in [0.29, 0.717) is 5.76 Å². The maximum Gasteiger partial charge on any atom is 0.371 e. The Hall–Kier alpha value is -0.940. The van der Waals surface area contributed by atoms with Crippen molar-refractivity contribution < 1.29 is 19.1 Å². The maximum atomic E-state index is 10.7. The summed E-state index contributed by atoms with van der Waals surface area (Å²) in [5.41, 5.74) is 0.958. The predicted molar refractivity (Wildman–Crippen MR) is 63.1 cm³/mol. The minimum absolute atomic E-state index is 0.0185. The van der Waals surface area contributed by atoms with E-state index in [-0.39, 0.29) is 5.76 Å². The number of carboxylic acids is 1. The summed E-state index contributed by atoms with van der Waals surface area (Å²) in [6.07, 6.45) is 1.00. The van der Waals surface area contributed by atoms with E-state index in [1.54, 1.807) is 31.9 Å². The largest absolute Gasteiger partial charge is 0.475 e. The summed E-state index contributed by atoms with van der Waals surface area (Å²) in [6.45, 7) is 2.55. The second kappa shape index (κ2) is 6.60. The molecule has 0 amide bonds. The molecule has 5 heteroatoms. The van der Waals surface area contributed by atoms with Gasteiger partial charge in [-0.1, -0.05) is 0 Å². The molecule has 0 radical (unpaired) electrons. The van der Waals surface area contributed by atoms with E-state index in [1.165, 1.54) is 0 Å². The SMILES string of the molecule is COCCCSCc1cc(C(=O)O)oc1C. The summed E-state index contributed by atoms with van der Waals surface area (Å²) < 4.78 is 10.1. The van der Waals surface area contributed by atoms with Crippen LogP contribution in [0.4, 0.5) is 0 Å². The molecule has 1 N–H and O–H groups in total. The molecule has 0 aliphatic heterocycles. The summed E-state index contributed by atoms with van der Waals surface area (Å²) in [7, 11) is 1.68. The molecule has 1 aromatic rings. The van der Waals surface area contributed by atoms with Crippen molar-refractivity contribution in [2.24, 2.45) is 0 Å². The lowest BCUT2D eigenvalue weighted by Gasteiger charge is -1.99. The molecule has 0 aliphatic carbocycles. The number of hydrogen-bond acceptors (Lipinski definition) is 4. The fraction of sp³-hybridized carbons (Fsp3) is 0.545. The number of methoxy groups -OCH3 is 1. The van der Waals surface area contributed by atoms with Gasteiger partial charge in [0.2, 0.25) is 5.76 Å². The molecule has 0 aromatic carbocycles. The number of aryl methyl sites for hydroxylation is 1.